The molecule has 0 heterocycles. The van der Waals surface area contributed by atoms with Crippen molar-refractivity contribution in [2.45, 2.75) is 24.3 Å². The largest absolute Gasteiger partial charge is 0.241 e. The second-order valence-corrected chi connectivity index (χ2v) is 4.74. The van der Waals surface area contributed by atoms with Crippen molar-refractivity contribution in [3.8, 4) is 6.07 Å². The zero-order valence-corrected chi connectivity index (χ0v) is 9.16. The number of sulfonamides is 1. The minimum absolute atomic E-state index is 0.179. The van der Waals surface area contributed by atoms with Crippen molar-refractivity contribution in [3.05, 3.63) is 30.3 Å². The van der Waals surface area contributed by atoms with Gasteiger partial charge in [0.1, 0.15) is 6.04 Å². The Morgan fingerprint density at radius 3 is 2.47 bits per heavy atom. The molecule has 0 aliphatic rings. The summed E-state index contributed by atoms with van der Waals surface area (Å²) in [6.45, 7) is 1.75. The van der Waals surface area contributed by atoms with Crippen LogP contribution in [0.5, 0.6) is 0 Å². The summed E-state index contributed by atoms with van der Waals surface area (Å²) in [4.78, 5) is 0.179. The Hall–Kier alpha value is -1.38. The molecule has 15 heavy (non-hydrogen) atoms. The monoisotopic (exact) mass is 224 g/mol. The maximum atomic E-state index is 11.7. The third kappa shape index (κ3) is 3.05. The molecule has 0 aliphatic carbocycles. The molecule has 0 saturated heterocycles. The maximum absolute atomic E-state index is 11.7. The summed E-state index contributed by atoms with van der Waals surface area (Å²) in [5.41, 5.74) is 0. The number of rotatable bonds is 4. The van der Waals surface area contributed by atoms with Gasteiger partial charge in [-0.15, -0.1) is 0 Å². The summed E-state index contributed by atoms with van der Waals surface area (Å²) in [5, 5.41) is 8.66. The molecule has 0 saturated carbocycles. The van der Waals surface area contributed by atoms with Crippen LogP contribution in [0.1, 0.15) is 13.3 Å². The van der Waals surface area contributed by atoms with E-state index in [1.165, 1.54) is 12.1 Å². The summed E-state index contributed by atoms with van der Waals surface area (Å²) in [6, 6.07) is 9.22. The average Bonchev–Trinajstić information content (AvgIpc) is 2.27. The molecule has 1 unspecified atom stereocenters. The van der Waals surface area contributed by atoms with Crippen LogP contribution in [-0.2, 0) is 10.0 Å². The van der Waals surface area contributed by atoms with Gasteiger partial charge in [-0.3, -0.25) is 0 Å². The van der Waals surface area contributed by atoms with Crippen molar-refractivity contribution in [3.63, 3.8) is 0 Å². The molecule has 1 aromatic carbocycles. The maximum Gasteiger partial charge on any atom is 0.241 e. The van der Waals surface area contributed by atoms with Crippen LogP contribution in [0, 0.1) is 11.3 Å². The van der Waals surface area contributed by atoms with E-state index in [0.717, 1.165) is 0 Å². The van der Waals surface area contributed by atoms with Gasteiger partial charge in [0, 0.05) is 0 Å². The predicted molar refractivity (Wildman–Crippen MR) is 56.5 cm³/mol. The van der Waals surface area contributed by atoms with Crippen molar-refractivity contribution >= 4 is 10.0 Å². The zero-order valence-electron chi connectivity index (χ0n) is 8.34. The second kappa shape index (κ2) is 4.91. The number of hydrogen-bond donors (Lipinski definition) is 1. The van der Waals surface area contributed by atoms with Crippen LogP contribution in [0.15, 0.2) is 35.2 Å². The van der Waals surface area contributed by atoms with Crippen molar-refractivity contribution < 1.29 is 8.42 Å². The van der Waals surface area contributed by atoms with Gasteiger partial charge in [0.15, 0.2) is 0 Å². The lowest BCUT2D eigenvalue weighted by Gasteiger charge is -2.09. The molecule has 0 fully saturated rings. The van der Waals surface area contributed by atoms with Crippen LogP contribution in [0.3, 0.4) is 0 Å². The van der Waals surface area contributed by atoms with Crippen molar-refractivity contribution in [1.82, 2.24) is 4.72 Å². The molecule has 0 radical (unpaired) electrons. The summed E-state index contributed by atoms with van der Waals surface area (Å²) < 4.78 is 25.7. The Labute approximate surface area is 89.6 Å². The molecule has 1 rings (SSSR count). The van der Waals surface area contributed by atoms with Crippen LogP contribution >= 0.6 is 0 Å². The Bertz CT molecular complexity index is 448. The first kappa shape index (κ1) is 11.7. The van der Waals surface area contributed by atoms with E-state index in [1.807, 2.05) is 6.07 Å². The van der Waals surface area contributed by atoms with Gasteiger partial charge < -0.3 is 0 Å². The second-order valence-electron chi connectivity index (χ2n) is 3.02. The SMILES string of the molecule is CCC(C#N)NS(=O)(=O)c1ccccc1. The standard InChI is InChI=1S/C10H12N2O2S/c1-2-9(8-11)12-15(13,14)10-6-4-3-5-7-10/h3-7,9,12H,2H2,1H3. The first-order chi connectivity index (χ1) is 7.10. The van der Waals surface area contributed by atoms with Gasteiger partial charge in [0.25, 0.3) is 0 Å². The lowest BCUT2D eigenvalue weighted by molar-refractivity contribution is 0.569. The van der Waals surface area contributed by atoms with E-state index in [4.69, 9.17) is 5.26 Å². The number of benzene rings is 1. The number of nitrogens with zero attached hydrogens (tertiary/aromatic N) is 1. The topological polar surface area (TPSA) is 70.0 Å². The molecule has 0 aromatic heterocycles. The molecule has 1 N–H and O–H groups in total. The number of hydrogen-bond acceptors (Lipinski definition) is 3. The van der Waals surface area contributed by atoms with Gasteiger partial charge in [-0.05, 0) is 18.6 Å². The Kier molecular flexibility index (Phi) is 3.83. The van der Waals surface area contributed by atoms with Crippen LogP contribution in [0.2, 0.25) is 0 Å². The van der Waals surface area contributed by atoms with Gasteiger partial charge in [0.05, 0.1) is 11.0 Å². The fourth-order valence-electron chi connectivity index (χ4n) is 1.06. The van der Waals surface area contributed by atoms with Gasteiger partial charge in [0.2, 0.25) is 10.0 Å². The van der Waals surface area contributed by atoms with Crippen LogP contribution in [0.25, 0.3) is 0 Å². The first-order valence-electron chi connectivity index (χ1n) is 4.57. The number of nitriles is 1. The van der Waals surface area contributed by atoms with Gasteiger partial charge in [-0.1, -0.05) is 25.1 Å². The fourth-order valence-corrected chi connectivity index (χ4v) is 2.30. The summed E-state index contributed by atoms with van der Waals surface area (Å²) in [7, 11) is -3.56. The van der Waals surface area contributed by atoms with E-state index in [1.54, 1.807) is 25.1 Å². The third-order valence-corrected chi connectivity index (χ3v) is 3.40. The minimum Gasteiger partial charge on any atom is -0.207 e. The fraction of sp³-hybridized carbons (Fsp3) is 0.300. The Balaban J connectivity index is 2.91. The lowest BCUT2D eigenvalue weighted by atomic mass is 10.3. The molecule has 0 amide bonds. The highest BCUT2D eigenvalue weighted by atomic mass is 32.2. The summed E-state index contributed by atoms with van der Waals surface area (Å²) >= 11 is 0. The van der Waals surface area contributed by atoms with E-state index >= 15 is 0 Å². The van der Waals surface area contributed by atoms with Crippen molar-refractivity contribution in [2.75, 3.05) is 0 Å². The molecular weight excluding hydrogens is 212 g/mol. The Morgan fingerprint density at radius 2 is 2.00 bits per heavy atom. The molecule has 4 nitrogen and oxygen atoms in total. The van der Waals surface area contributed by atoms with Gasteiger partial charge in [-0.2, -0.15) is 9.98 Å². The highest BCUT2D eigenvalue weighted by Crippen LogP contribution is 2.08. The highest BCUT2D eigenvalue weighted by Gasteiger charge is 2.17. The molecule has 5 heteroatoms. The van der Waals surface area contributed by atoms with E-state index in [9.17, 15) is 8.42 Å². The highest BCUT2D eigenvalue weighted by molar-refractivity contribution is 7.89. The summed E-state index contributed by atoms with van der Waals surface area (Å²) in [5.74, 6) is 0. The predicted octanol–water partition coefficient (Wildman–Crippen LogP) is 1.27. The molecule has 80 valence electrons. The molecular formula is C10H12N2O2S. The molecule has 1 atom stereocenters. The van der Waals surface area contributed by atoms with Gasteiger partial charge >= 0.3 is 0 Å². The first-order valence-corrected chi connectivity index (χ1v) is 6.05. The summed E-state index contributed by atoms with van der Waals surface area (Å²) in [6.07, 6.45) is 0.447. The van der Waals surface area contributed by atoms with Crippen molar-refractivity contribution in [2.24, 2.45) is 0 Å². The van der Waals surface area contributed by atoms with E-state index in [2.05, 4.69) is 4.72 Å². The van der Waals surface area contributed by atoms with Gasteiger partial charge in [-0.25, -0.2) is 8.42 Å². The zero-order chi connectivity index (χ0) is 11.3. The minimum atomic E-state index is -3.56. The Morgan fingerprint density at radius 1 is 1.40 bits per heavy atom. The smallest absolute Gasteiger partial charge is 0.207 e. The third-order valence-electron chi connectivity index (χ3n) is 1.92. The van der Waals surface area contributed by atoms with Crippen LogP contribution in [-0.4, -0.2) is 14.5 Å². The average molecular weight is 224 g/mol. The number of nitrogens with one attached hydrogen (secondary N) is 1. The van der Waals surface area contributed by atoms with Crippen LogP contribution < -0.4 is 4.72 Å². The molecule has 0 spiro atoms. The molecule has 0 aliphatic heterocycles. The quantitative estimate of drug-likeness (QED) is 0.837. The molecule has 1 aromatic rings. The lowest BCUT2D eigenvalue weighted by Crippen LogP contribution is -2.33. The van der Waals surface area contributed by atoms with Crippen LogP contribution in [0.4, 0.5) is 0 Å². The molecule has 0 bridgehead atoms. The van der Waals surface area contributed by atoms with Crippen molar-refractivity contribution in [1.29, 1.82) is 5.26 Å². The van der Waals surface area contributed by atoms with E-state index < -0.39 is 16.1 Å². The normalized spacial score (nSPS) is 13.1. The van der Waals surface area contributed by atoms with E-state index in [0.29, 0.717) is 6.42 Å². The van der Waals surface area contributed by atoms with E-state index in [-0.39, 0.29) is 4.90 Å².